The van der Waals surface area contributed by atoms with E-state index in [1.807, 2.05) is 0 Å². The Morgan fingerprint density at radius 3 is 3.11 bits per heavy atom. The van der Waals surface area contributed by atoms with Crippen LogP contribution in [0.3, 0.4) is 0 Å². The minimum absolute atomic E-state index is 0.618. The van der Waals surface area contributed by atoms with Gasteiger partial charge in [0, 0.05) is 6.20 Å². The van der Waals surface area contributed by atoms with Crippen molar-refractivity contribution in [3.8, 4) is 0 Å². The molecular weight excluding hydrogens is 116 g/mol. The SMILES string of the molecule is C=CC(O)c1ccn[nH]1. The minimum atomic E-state index is -0.618. The molecule has 0 bridgehead atoms. The van der Waals surface area contributed by atoms with Crippen molar-refractivity contribution in [1.82, 2.24) is 10.2 Å². The van der Waals surface area contributed by atoms with Crippen LogP contribution in [0.1, 0.15) is 11.8 Å². The van der Waals surface area contributed by atoms with Gasteiger partial charge in [0.25, 0.3) is 0 Å². The molecule has 0 radical (unpaired) electrons. The van der Waals surface area contributed by atoms with E-state index in [1.54, 1.807) is 12.3 Å². The molecule has 0 saturated carbocycles. The standard InChI is InChI=1S/C6H8N2O/c1-2-6(9)5-3-4-7-8-5/h2-4,6,9H,1H2,(H,7,8). The second-order valence-corrected chi connectivity index (χ2v) is 1.69. The molecule has 0 amide bonds. The van der Waals surface area contributed by atoms with E-state index in [4.69, 9.17) is 5.11 Å². The van der Waals surface area contributed by atoms with Crippen LogP contribution in [0.15, 0.2) is 24.9 Å². The predicted molar refractivity (Wildman–Crippen MR) is 33.7 cm³/mol. The van der Waals surface area contributed by atoms with Crippen molar-refractivity contribution in [2.45, 2.75) is 6.10 Å². The monoisotopic (exact) mass is 124 g/mol. The van der Waals surface area contributed by atoms with Crippen LogP contribution in [-0.4, -0.2) is 15.3 Å². The highest BCUT2D eigenvalue weighted by atomic mass is 16.3. The Kier molecular flexibility index (Phi) is 1.65. The molecule has 2 N–H and O–H groups in total. The lowest BCUT2D eigenvalue weighted by Gasteiger charge is -1.97. The highest BCUT2D eigenvalue weighted by molar-refractivity contribution is 5.06. The van der Waals surface area contributed by atoms with Crippen LogP contribution in [0.2, 0.25) is 0 Å². The van der Waals surface area contributed by atoms with Crippen molar-refractivity contribution in [1.29, 1.82) is 0 Å². The Labute approximate surface area is 53.0 Å². The molecule has 3 heteroatoms. The summed E-state index contributed by atoms with van der Waals surface area (Å²) in [5.74, 6) is 0. The third-order valence-electron chi connectivity index (χ3n) is 1.06. The van der Waals surface area contributed by atoms with E-state index in [-0.39, 0.29) is 0 Å². The van der Waals surface area contributed by atoms with E-state index < -0.39 is 6.10 Å². The summed E-state index contributed by atoms with van der Waals surface area (Å²) >= 11 is 0. The van der Waals surface area contributed by atoms with Crippen LogP contribution < -0.4 is 0 Å². The fourth-order valence-electron chi connectivity index (χ4n) is 0.558. The van der Waals surface area contributed by atoms with Crippen LogP contribution in [0.5, 0.6) is 0 Å². The van der Waals surface area contributed by atoms with E-state index in [2.05, 4.69) is 16.8 Å². The minimum Gasteiger partial charge on any atom is -0.383 e. The molecule has 1 unspecified atom stereocenters. The number of aliphatic hydroxyl groups excluding tert-OH is 1. The number of nitrogens with one attached hydrogen (secondary N) is 1. The first-order chi connectivity index (χ1) is 4.34. The molecule has 9 heavy (non-hydrogen) atoms. The molecular formula is C6H8N2O. The second kappa shape index (κ2) is 2.46. The Balaban J connectivity index is 2.76. The average molecular weight is 124 g/mol. The number of aliphatic hydroxyl groups is 1. The molecule has 1 atom stereocenters. The molecule has 0 saturated heterocycles. The van der Waals surface area contributed by atoms with E-state index >= 15 is 0 Å². The van der Waals surface area contributed by atoms with Gasteiger partial charge in [0.05, 0.1) is 5.69 Å². The van der Waals surface area contributed by atoms with Gasteiger partial charge in [-0.25, -0.2) is 0 Å². The lowest BCUT2D eigenvalue weighted by atomic mass is 10.3. The fraction of sp³-hybridized carbons (Fsp3) is 0.167. The van der Waals surface area contributed by atoms with Gasteiger partial charge in [0.15, 0.2) is 0 Å². The van der Waals surface area contributed by atoms with Crippen molar-refractivity contribution >= 4 is 0 Å². The van der Waals surface area contributed by atoms with Gasteiger partial charge in [-0.1, -0.05) is 6.08 Å². The van der Waals surface area contributed by atoms with Crippen LogP contribution >= 0.6 is 0 Å². The van der Waals surface area contributed by atoms with Gasteiger partial charge in [0.2, 0.25) is 0 Å². The summed E-state index contributed by atoms with van der Waals surface area (Å²) in [5.41, 5.74) is 0.671. The molecule has 1 rings (SSSR count). The molecule has 1 heterocycles. The maximum absolute atomic E-state index is 9.03. The number of rotatable bonds is 2. The molecule has 1 aromatic rings. The molecule has 48 valence electrons. The highest BCUT2D eigenvalue weighted by Crippen LogP contribution is 2.07. The van der Waals surface area contributed by atoms with Crippen LogP contribution in [0.4, 0.5) is 0 Å². The van der Waals surface area contributed by atoms with Crippen LogP contribution in [-0.2, 0) is 0 Å². The largest absolute Gasteiger partial charge is 0.383 e. The maximum Gasteiger partial charge on any atom is 0.113 e. The van der Waals surface area contributed by atoms with Gasteiger partial charge in [-0.3, -0.25) is 5.10 Å². The Morgan fingerprint density at radius 1 is 1.89 bits per heavy atom. The third-order valence-corrected chi connectivity index (χ3v) is 1.06. The van der Waals surface area contributed by atoms with Crippen molar-refractivity contribution in [3.05, 3.63) is 30.6 Å². The van der Waals surface area contributed by atoms with Gasteiger partial charge in [0.1, 0.15) is 6.10 Å². The van der Waals surface area contributed by atoms with E-state index in [0.29, 0.717) is 5.69 Å². The van der Waals surface area contributed by atoms with Crippen molar-refractivity contribution in [3.63, 3.8) is 0 Å². The number of aromatic amines is 1. The van der Waals surface area contributed by atoms with Gasteiger partial charge in [-0.05, 0) is 6.07 Å². The summed E-state index contributed by atoms with van der Waals surface area (Å²) in [5, 5.41) is 15.3. The first-order valence-corrected chi connectivity index (χ1v) is 2.64. The van der Waals surface area contributed by atoms with E-state index in [0.717, 1.165) is 0 Å². The van der Waals surface area contributed by atoms with Crippen molar-refractivity contribution < 1.29 is 5.11 Å². The summed E-state index contributed by atoms with van der Waals surface area (Å²) in [6.07, 6.45) is 2.41. The molecule has 0 aliphatic heterocycles. The van der Waals surface area contributed by atoms with E-state index in [9.17, 15) is 0 Å². The zero-order valence-electron chi connectivity index (χ0n) is 4.91. The quantitative estimate of drug-likeness (QED) is 0.568. The van der Waals surface area contributed by atoms with Gasteiger partial charge in [-0.15, -0.1) is 6.58 Å². The van der Waals surface area contributed by atoms with Crippen molar-refractivity contribution in [2.24, 2.45) is 0 Å². The summed E-state index contributed by atoms with van der Waals surface area (Å²) in [7, 11) is 0. The number of aromatic nitrogens is 2. The smallest absolute Gasteiger partial charge is 0.113 e. The first-order valence-electron chi connectivity index (χ1n) is 2.64. The summed E-state index contributed by atoms with van der Waals surface area (Å²) in [4.78, 5) is 0. The zero-order valence-corrected chi connectivity index (χ0v) is 4.91. The molecule has 0 aliphatic carbocycles. The molecule has 0 aromatic carbocycles. The normalized spacial score (nSPS) is 13.0. The number of hydrogen-bond acceptors (Lipinski definition) is 2. The van der Waals surface area contributed by atoms with E-state index in [1.165, 1.54) is 6.08 Å². The zero-order chi connectivity index (χ0) is 6.69. The maximum atomic E-state index is 9.03. The second-order valence-electron chi connectivity index (χ2n) is 1.69. The Bertz CT molecular complexity index is 181. The van der Waals surface area contributed by atoms with Crippen LogP contribution in [0.25, 0.3) is 0 Å². The number of H-pyrrole nitrogens is 1. The lowest BCUT2D eigenvalue weighted by Crippen LogP contribution is -1.91. The molecule has 0 fully saturated rings. The van der Waals surface area contributed by atoms with Crippen LogP contribution in [0, 0.1) is 0 Å². The summed E-state index contributed by atoms with van der Waals surface area (Å²) in [6, 6.07) is 1.70. The molecule has 3 nitrogen and oxygen atoms in total. The Morgan fingerprint density at radius 2 is 2.67 bits per heavy atom. The fourth-order valence-corrected chi connectivity index (χ4v) is 0.558. The highest BCUT2D eigenvalue weighted by Gasteiger charge is 2.00. The number of nitrogens with zero attached hydrogens (tertiary/aromatic N) is 1. The summed E-state index contributed by atoms with van der Waals surface area (Å²) in [6.45, 7) is 3.42. The predicted octanol–water partition coefficient (Wildman–Crippen LogP) is 0.629. The third kappa shape index (κ3) is 1.17. The van der Waals surface area contributed by atoms with Crippen molar-refractivity contribution in [2.75, 3.05) is 0 Å². The topological polar surface area (TPSA) is 48.9 Å². The van der Waals surface area contributed by atoms with Gasteiger partial charge < -0.3 is 5.11 Å². The first kappa shape index (κ1) is 6.04. The Hall–Kier alpha value is -1.09. The molecule has 1 aromatic heterocycles. The number of hydrogen-bond donors (Lipinski definition) is 2. The molecule has 0 aliphatic rings. The summed E-state index contributed by atoms with van der Waals surface area (Å²) < 4.78 is 0. The lowest BCUT2D eigenvalue weighted by molar-refractivity contribution is 0.224. The molecule has 0 spiro atoms. The van der Waals surface area contributed by atoms with Gasteiger partial charge >= 0.3 is 0 Å². The average Bonchev–Trinajstić information content (AvgIpc) is 2.37. The van der Waals surface area contributed by atoms with Gasteiger partial charge in [-0.2, -0.15) is 5.10 Å².